The second-order valence-corrected chi connectivity index (χ2v) is 3.31. The van der Waals surface area contributed by atoms with E-state index in [0.717, 1.165) is 12.2 Å². The number of nitrogens with zero attached hydrogens (tertiary/aromatic N) is 3. The summed E-state index contributed by atoms with van der Waals surface area (Å²) in [4.78, 5) is 21.4. The molecular formula is C11H17N3O2. The van der Waals surface area contributed by atoms with Gasteiger partial charge in [-0.05, 0) is 13.5 Å². The van der Waals surface area contributed by atoms with Crippen LogP contribution in [0.15, 0.2) is 18.6 Å². The summed E-state index contributed by atoms with van der Waals surface area (Å²) in [6.07, 6.45) is 4.98. The number of hydrogen-bond donors (Lipinski definition) is 0. The smallest absolute Gasteiger partial charge is 0.320 e. The van der Waals surface area contributed by atoms with E-state index in [0.29, 0.717) is 19.7 Å². The van der Waals surface area contributed by atoms with Gasteiger partial charge in [0.25, 0.3) is 0 Å². The first-order valence-electron chi connectivity index (χ1n) is 5.39. The Bertz CT molecular complexity index is 316. The minimum Gasteiger partial charge on any atom is -0.465 e. The summed E-state index contributed by atoms with van der Waals surface area (Å²) < 4.78 is 4.90. The van der Waals surface area contributed by atoms with Crippen LogP contribution >= 0.6 is 0 Å². The van der Waals surface area contributed by atoms with Crippen molar-refractivity contribution in [3.63, 3.8) is 0 Å². The Balaban J connectivity index is 2.46. The van der Waals surface area contributed by atoms with Gasteiger partial charge in [-0.25, -0.2) is 0 Å². The highest BCUT2D eigenvalue weighted by Gasteiger charge is 2.10. The van der Waals surface area contributed by atoms with Crippen LogP contribution < -0.4 is 0 Å². The average Bonchev–Trinajstić information content (AvgIpc) is 2.30. The number of rotatable bonds is 6. The molecule has 5 heteroatoms. The Hall–Kier alpha value is -1.49. The summed E-state index contributed by atoms with van der Waals surface area (Å²) in [5, 5.41) is 0. The van der Waals surface area contributed by atoms with Crippen molar-refractivity contribution < 1.29 is 9.53 Å². The van der Waals surface area contributed by atoms with E-state index in [1.54, 1.807) is 25.5 Å². The molecule has 1 aromatic heterocycles. The third kappa shape index (κ3) is 4.35. The molecule has 16 heavy (non-hydrogen) atoms. The maximum Gasteiger partial charge on any atom is 0.320 e. The highest BCUT2D eigenvalue weighted by Crippen LogP contribution is 1.99. The van der Waals surface area contributed by atoms with Crippen LogP contribution in [0.1, 0.15) is 19.5 Å². The normalized spacial score (nSPS) is 10.4. The number of likely N-dealkylation sites (N-methyl/N-ethyl adjacent to an activating group) is 1. The van der Waals surface area contributed by atoms with Crippen molar-refractivity contribution in [2.24, 2.45) is 0 Å². The molecule has 0 saturated carbocycles. The fourth-order valence-electron chi connectivity index (χ4n) is 1.31. The van der Waals surface area contributed by atoms with Crippen LogP contribution in [0.25, 0.3) is 0 Å². The van der Waals surface area contributed by atoms with E-state index in [2.05, 4.69) is 9.97 Å². The summed E-state index contributed by atoms with van der Waals surface area (Å²) in [5.41, 5.74) is 0.855. The van der Waals surface area contributed by atoms with E-state index in [4.69, 9.17) is 4.74 Å². The van der Waals surface area contributed by atoms with Gasteiger partial charge in [0, 0.05) is 25.1 Å². The number of aromatic nitrogens is 2. The first kappa shape index (κ1) is 12.6. The molecule has 1 heterocycles. The lowest BCUT2D eigenvalue weighted by atomic mass is 10.4. The van der Waals surface area contributed by atoms with Gasteiger partial charge in [0.05, 0.1) is 18.8 Å². The fourth-order valence-corrected chi connectivity index (χ4v) is 1.31. The van der Waals surface area contributed by atoms with Gasteiger partial charge in [-0.1, -0.05) is 6.92 Å². The van der Waals surface area contributed by atoms with E-state index in [9.17, 15) is 4.79 Å². The highest BCUT2D eigenvalue weighted by molar-refractivity contribution is 5.71. The maximum atomic E-state index is 11.3. The summed E-state index contributed by atoms with van der Waals surface area (Å²) >= 11 is 0. The van der Waals surface area contributed by atoms with Crippen molar-refractivity contribution >= 4 is 5.97 Å². The minimum atomic E-state index is -0.201. The molecule has 0 spiro atoms. The van der Waals surface area contributed by atoms with E-state index < -0.39 is 0 Å². The van der Waals surface area contributed by atoms with E-state index >= 15 is 0 Å². The lowest BCUT2D eigenvalue weighted by molar-refractivity contribution is -0.144. The molecule has 5 nitrogen and oxygen atoms in total. The second kappa shape index (κ2) is 6.90. The standard InChI is InChI=1S/C11H17N3O2/c1-3-14(9-11(15)16-4-2)8-10-7-12-5-6-13-10/h5-7H,3-4,8-9H2,1-2H3. The van der Waals surface area contributed by atoms with Gasteiger partial charge in [0.2, 0.25) is 0 Å². The van der Waals surface area contributed by atoms with Crippen LogP contribution in [0, 0.1) is 0 Å². The minimum absolute atomic E-state index is 0.201. The molecule has 0 bridgehead atoms. The quantitative estimate of drug-likeness (QED) is 0.669. The lowest BCUT2D eigenvalue weighted by Crippen LogP contribution is -2.30. The Morgan fingerprint density at radius 1 is 1.44 bits per heavy atom. The van der Waals surface area contributed by atoms with Crippen molar-refractivity contribution in [3.8, 4) is 0 Å². The molecule has 0 aromatic carbocycles. The van der Waals surface area contributed by atoms with Crippen LogP contribution in [-0.2, 0) is 16.1 Å². The zero-order chi connectivity index (χ0) is 11.8. The molecule has 0 amide bonds. The van der Waals surface area contributed by atoms with Gasteiger partial charge in [-0.2, -0.15) is 0 Å². The average molecular weight is 223 g/mol. The van der Waals surface area contributed by atoms with Crippen LogP contribution in [0.5, 0.6) is 0 Å². The third-order valence-electron chi connectivity index (χ3n) is 2.11. The number of carbonyl (C=O) groups excluding carboxylic acids is 1. The van der Waals surface area contributed by atoms with E-state index in [-0.39, 0.29) is 5.97 Å². The topological polar surface area (TPSA) is 55.3 Å². The summed E-state index contributed by atoms with van der Waals surface area (Å²) in [6, 6.07) is 0. The molecule has 0 unspecified atom stereocenters. The van der Waals surface area contributed by atoms with E-state index in [1.807, 2.05) is 11.8 Å². The third-order valence-corrected chi connectivity index (χ3v) is 2.11. The number of ether oxygens (including phenoxy) is 1. The van der Waals surface area contributed by atoms with Crippen molar-refractivity contribution in [3.05, 3.63) is 24.3 Å². The molecule has 0 atom stereocenters. The molecule has 0 aliphatic carbocycles. The van der Waals surface area contributed by atoms with Gasteiger partial charge in [-0.15, -0.1) is 0 Å². The van der Waals surface area contributed by atoms with Crippen molar-refractivity contribution in [2.75, 3.05) is 19.7 Å². The molecule has 0 saturated heterocycles. The van der Waals surface area contributed by atoms with Crippen LogP contribution in [0.4, 0.5) is 0 Å². The largest absolute Gasteiger partial charge is 0.465 e. The molecule has 1 rings (SSSR count). The predicted octanol–water partition coefficient (Wildman–Crippen LogP) is 0.862. The molecule has 0 fully saturated rings. The van der Waals surface area contributed by atoms with Crippen molar-refractivity contribution in [1.82, 2.24) is 14.9 Å². The zero-order valence-corrected chi connectivity index (χ0v) is 9.72. The first-order chi connectivity index (χ1) is 7.76. The molecular weight excluding hydrogens is 206 g/mol. The molecule has 88 valence electrons. The fraction of sp³-hybridized carbons (Fsp3) is 0.545. The van der Waals surface area contributed by atoms with Crippen LogP contribution in [-0.4, -0.2) is 40.5 Å². The highest BCUT2D eigenvalue weighted by atomic mass is 16.5. The number of esters is 1. The van der Waals surface area contributed by atoms with E-state index in [1.165, 1.54) is 0 Å². The molecule has 0 aliphatic heterocycles. The lowest BCUT2D eigenvalue weighted by Gasteiger charge is -2.18. The molecule has 0 aliphatic rings. The summed E-state index contributed by atoms with van der Waals surface area (Å²) in [7, 11) is 0. The Labute approximate surface area is 95.5 Å². The van der Waals surface area contributed by atoms with Gasteiger partial charge in [-0.3, -0.25) is 19.7 Å². The Kier molecular flexibility index (Phi) is 5.42. The zero-order valence-electron chi connectivity index (χ0n) is 9.72. The van der Waals surface area contributed by atoms with Crippen LogP contribution in [0.2, 0.25) is 0 Å². The molecule has 1 aromatic rings. The van der Waals surface area contributed by atoms with Crippen LogP contribution in [0.3, 0.4) is 0 Å². The summed E-state index contributed by atoms with van der Waals surface area (Å²) in [5.74, 6) is -0.201. The molecule has 0 radical (unpaired) electrons. The van der Waals surface area contributed by atoms with Gasteiger partial charge in [0.15, 0.2) is 0 Å². The first-order valence-corrected chi connectivity index (χ1v) is 5.39. The second-order valence-electron chi connectivity index (χ2n) is 3.31. The summed E-state index contributed by atoms with van der Waals surface area (Å²) in [6.45, 7) is 5.90. The SMILES string of the molecule is CCOC(=O)CN(CC)Cc1cnccn1. The Morgan fingerprint density at radius 2 is 2.25 bits per heavy atom. The van der Waals surface area contributed by atoms with Gasteiger partial charge in [0.1, 0.15) is 0 Å². The monoisotopic (exact) mass is 223 g/mol. The van der Waals surface area contributed by atoms with Crippen molar-refractivity contribution in [2.45, 2.75) is 20.4 Å². The maximum absolute atomic E-state index is 11.3. The number of hydrogen-bond acceptors (Lipinski definition) is 5. The predicted molar refractivity (Wildman–Crippen MR) is 59.6 cm³/mol. The Morgan fingerprint density at radius 3 is 2.81 bits per heavy atom. The van der Waals surface area contributed by atoms with Gasteiger partial charge < -0.3 is 4.74 Å². The van der Waals surface area contributed by atoms with Gasteiger partial charge >= 0.3 is 5.97 Å². The number of carbonyl (C=O) groups is 1. The van der Waals surface area contributed by atoms with Crippen molar-refractivity contribution in [1.29, 1.82) is 0 Å². The molecule has 0 N–H and O–H groups in total.